The Morgan fingerprint density at radius 3 is 2.14 bits per heavy atom. The lowest BCUT2D eigenvalue weighted by molar-refractivity contribution is -0.138. The van der Waals surface area contributed by atoms with Gasteiger partial charge in [-0.2, -0.15) is 0 Å². The standard InChI is InChI=1S/C22H39N3O.2ClH/c23-21-18-8-4-9-19(21)15-20(14-18)22(26)25-11-5-10-24(12-13-25)16-17-6-2-1-3-7-17;;/h17-21H,1-16,23H2;2*1H. The zero-order valence-corrected chi connectivity index (χ0v) is 19.0. The lowest BCUT2D eigenvalue weighted by Crippen LogP contribution is -2.50. The molecule has 1 aliphatic heterocycles. The van der Waals surface area contributed by atoms with E-state index in [-0.39, 0.29) is 30.7 Å². The second-order valence-electron chi connectivity index (χ2n) is 9.68. The molecular formula is C22H41Cl2N3O. The van der Waals surface area contributed by atoms with Crippen LogP contribution in [0.5, 0.6) is 0 Å². The van der Waals surface area contributed by atoms with E-state index < -0.39 is 0 Å². The van der Waals surface area contributed by atoms with E-state index in [4.69, 9.17) is 5.73 Å². The summed E-state index contributed by atoms with van der Waals surface area (Å²) in [6, 6.07) is 0.364. The maximum atomic E-state index is 13.2. The minimum atomic E-state index is 0. The molecule has 6 heteroatoms. The molecule has 0 spiro atoms. The minimum Gasteiger partial charge on any atom is -0.341 e. The van der Waals surface area contributed by atoms with Gasteiger partial charge in [0.1, 0.15) is 0 Å². The van der Waals surface area contributed by atoms with E-state index >= 15 is 0 Å². The molecule has 3 saturated carbocycles. The Kier molecular flexibility index (Phi) is 9.86. The van der Waals surface area contributed by atoms with Crippen molar-refractivity contribution in [3.63, 3.8) is 0 Å². The summed E-state index contributed by atoms with van der Waals surface area (Å²) in [4.78, 5) is 18.1. The molecule has 4 aliphatic rings. The van der Waals surface area contributed by atoms with Crippen LogP contribution in [0.3, 0.4) is 0 Å². The number of carbonyl (C=O) groups excluding carboxylic acids is 1. The van der Waals surface area contributed by atoms with Gasteiger partial charge in [0.15, 0.2) is 0 Å². The predicted molar refractivity (Wildman–Crippen MR) is 120 cm³/mol. The van der Waals surface area contributed by atoms with Crippen molar-refractivity contribution in [1.29, 1.82) is 0 Å². The molecule has 2 atom stereocenters. The third kappa shape index (κ3) is 5.77. The van der Waals surface area contributed by atoms with Crippen molar-refractivity contribution >= 4 is 30.7 Å². The number of rotatable bonds is 3. The summed E-state index contributed by atoms with van der Waals surface area (Å²) in [5, 5.41) is 0. The van der Waals surface area contributed by atoms with Crippen molar-refractivity contribution in [2.75, 3.05) is 32.7 Å². The van der Waals surface area contributed by atoms with Gasteiger partial charge in [-0.3, -0.25) is 4.79 Å². The Balaban J connectivity index is 0.00000140. The number of amides is 1. The van der Waals surface area contributed by atoms with Gasteiger partial charge >= 0.3 is 0 Å². The van der Waals surface area contributed by atoms with Crippen molar-refractivity contribution in [2.45, 2.75) is 76.7 Å². The Bertz CT molecular complexity index is 472. The smallest absolute Gasteiger partial charge is 0.225 e. The monoisotopic (exact) mass is 433 g/mol. The fourth-order valence-corrected chi connectivity index (χ4v) is 6.36. The average Bonchev–Trinajstić information content (AvgIpc) is 2.87. The molecule has 1 amide bonds. The lowest BCUT2D eigenvalue weighted by atomic mass is 9.65. The highest BCUT2D eigenvalue weighted by Crippen LogP contribution is 2.42. The molecule has 4 fully saturated rings. The molecular weight excluding hydrogens is 393 g/mol. The van der Waals surface area contributed by atoms with E-state index in [1.165, 1.54) is 64.5 Å². The van der Waals surface area contributed by atoms with Gasteiger partial charge in [0.05, 0.1) is 0 Å². The van der Waals surface area contributed by atoms with Gasteiger partial charge < -0.3 is 15.5 Å². The summed E-state index contributed by atoms with van der Waals surface area (Å²) in [5.74, 6) is 2.82. The lowest BCUT2D eigenvalue weighted by Gasteiger charge is -2.44. The van der Waals surface area contributed by atoms with Crippen LogP contribution in [-0.4, -0.2) is 54.5 Å². The molecule has 4 rings (SSSR count). The van der Waals surface area contributed by atoms with Gasteiger partial charge in [-0.15, -0.1) is 24.8 Å². The van der Waals surface area contributed by atoms with Crippen molar-refractivity contribution in [3.05, 3.63) is 0 Å². The Morgan fingerprint density at radius 1 is 0.786 bits per heavy atom. The van der Waals surface area contributed by atoms with E-state index in [0.29, 0.717) is 23.8 Å². The number of halogens is 2. The Hall–Kier alpha value is -0.0300. The summed E-state index contributed by atoms with van der Waals surface area (Å²) in [5.41, 5.74) is 6.43. The molecule has 1 heterocycles. The first-order valence-electron chi connectivity index (χ1n) is 11.5. The predicted octanol–water partition coefficient (Wildman–Crippen LogP) is 4.10. The first-order chi connectivity index (χ1) is 12.7. The normalized spacial score (nSPS) is 34.7. The van der Waals surface area contributed by atoms with Crippen molar-refractivity contribution in [3.8, 4) is 0 Å². The van der Waals surface area contributed by atoms with Gasteiger partial charge in [-0.1, -0.05) is 25.7 Å². The number of nitrogens with two attached hydrogens (primary N) is 1. The van der Waals surface area contributed by atoms with Crippen LogP contribution in [0.25, 0.3) is 0 Å². The summed E-state index contributed by atoms with van der Waals surface area (Å²) < 4.78 is 0. The minimum absolute atomic E-state index is 0. The highest BCUT2D eigenvalue weighted by molar-refractivity contribution is 5.85. The zero-order chi connectivity index (χ0) is 17.9. The van der Waals surface area contributed by atoms with Crippen molar-refractivity contribution in [1.82, 2.24) is 9.80 Å². The fourth-order valence-electron chi connectivity index (χ4n) is 6.36. The van der Waals surface area contributed by atoms with Gasteiger partial charge in [-0.05, 0) is 69.2 Å². The molecule has 2 bridgehead atoms. The summed E-state index contributed by atoms with van der Waals surface area (Å²) in [7, 11) is 0. The van der Waals surface area contributed by atoms with Crippen LogP contribution in [-0.2, 0) is 4.79 Å². The third-order valence-corrected chi connectivity index (χ3v) is 7.90. The van der Waals surface area contributed by atoms with E-state index in [9.17, 15) is 4.79 Å². The van der Waals surface area contributed by atoms with Crippen LogP contribution in [0, 0.1) is 23.7 Å². The second kappa shape index (κ2) is 11.4. The maximum Gasteiger partial charge on any atom is 0.225 e. The van der Waals surface area contributed by atoms with E-state index in [1.807, 2.05) is 0 Å². The Morgan fingerprint density at radius 2 is 1.46 bits per heavy atom. The molecule has 3 aliphatic carbocycles. The van der Waals surface area contributed by atoms with Crippen LogP contribution < -0.4 is 5.73 Å². The molecule has 0 aromatic heterocycles. The summed E-state index contributed by atoms with van der Waals surface area (Å²) in [6.07, 6.45) is 14.2. The van der Waals surface area contributed by atoms with E-state index in [0.717, 1.165) is 44.8 Å². The topological polar surface area (TPSA) is 49.6 Å². The zero-order valence-electron chi connectivity index (χ0n) is 17.4. The fraction of sp³-hybridized carbons (Fsp3) is 0.955. The van der Waals surface area contributed by atoms with Gasteiger partial charge in [0.25, 0.3) is 0 Å². The first-order valence-corrected chi connectivity index (χ1v) is 11.5. The summed E-state index contributed by atoms with van der Waals surface area (Å²) in [6.45, 7) is 5.45. The number of nitrogens with zero attached hydrogens (tertiary/aromatic N) is 2. The van der Waals surface area contributed by atoms with Crippen molar-refractivity contribution < 1.29 is 4.79 Å². The highest BCUT2D eigenvalue weighted by atomic mass is 35.5. The molecule has 4 nitrogen and oxygen atoms in total. The van der Waals surface area contributed by atoms with Gasteiger partial charge in [0, 0.05) is 38.1 Å². The molecule has 28 heavy (non-hydrogen) atoms. The largest absolute Gasteiger partial charge is 0.341 e. The van der Waals surface area contributed by atoms with Crippen LogP contribution in [0.4, 0.5) is 0 Å². The van der Waals surface area contributed by atoms with Crippen LogP contribution in [0.1, 0.15) is 70.6 Å². The highest BCUT2D eigenvalue weighted by Gasteiger charge is 2.41. The third-order valence-electron chi connectivity index (χ3n) is 7.90. The van der Waals surface area contributed by atoms with Gasteiger partial charge in [-0.25, -0.2) is 0 Å². The number of fused-ring (bicyclic) bond motifs is 2. The SMILES string of the molecule is Cl.Cl.NC1C2CCCC1CC(C(=O)N1CCCN(CC3CCCCC3)CC1)C2. The average molecular weight is 434 g/mol. The molecule has 0 aromatic carbocycles. The van der Waals surface area contributed by atoms with Crippen LogP contribution in [0.15, 0.2) is 0 Å². The number of hydrogen-bond donors (Lipinski definition) is 1. The van der Waals surface area contributed by atoms with Gasteiger partial charge in [0.2, 0.25) is 5.91 Å². The van der Waals surface area contributed by atoms with E-state index in [2.05, 4.69) is 9.80 Å². The van der Waals surface area contributed by atoms with Crippen molar-refractivity contribution in [2.24, 2.45) is 29.4 Å². The van der Waals surface area contributed by atoms with E-state index in [1.54, 1.807) is 0 Å². The quantitative estimate of drug-likeness (QED) is 0.728. The molecule has 0 aromatic rings. The Labute approximate surface area is 184 Å². The molecule has 0 radical (unpaired) electrons. The molecule has 164 valence electrons. The first kappa shape index (κ1) is 24.2. The maximum absolute atomic E-state index is 13.2. The molecule has 1 saturated heterocycles. The second-order valence-corrected chi connectivity index (χ2v) is 9.68. The van der Waals surface area contributed by atoms with Crippen LogP contribution >= 0.6 is 24.8 Å². The number of hydrogen-bond acceptors (Lipinski definition) is 3. The molecule has 2 N–H and O–H groups in total. The summed E-state index contributed by atoms with van der Waals surface area (Å²) >= 11 is 0. The number of carbonyl (C=O) groups is 1. The molecule has 2 unspecified atom stereocenters. The van der Waals surface area contributed by atoms with Crippen LogP contribution in [0.2, 0.25) is 0 Å².